The molecule has 1 heterocycles. The van der Waals surface area contributed by atoms with Crippen LogP contribution in [0.2, 0.25) is 0 Å². The topological polar surface area (TPSA) is 289 Å². The fraction of sp³-hybridized carbons (Fsp3) is 0.915. The van der Waals surface area contributed by atoms with Crippen molar-refractivity contribution in [3.8, 4) is 0 Å². The molecule has 1 aliphatic carbocycles. The third-order valence-corrected chi connectivity index (χ3v) is 13.2. The first-order valence-corrected chi connectivity index (χ1v) is 26.5. The predicted molar refractivity (Wildman–Crippen MR) is 245 cm³/mol. The van der Waals surface area contributed by atoms with E-state index in [4.69, 9.17) is 28.0 Å². The van der Waals surface area contributed by atoms with Crippen LogP contribution in [0.25, 0.3) is 0 Å². The van der Waals surface area contributed by atoms with Gasteiger partial charge in [0.25, 0.3) is 0 Å². The summed E-state index contributed by atoms with van der Waals surface area (Å²) >= 11 is 0. The van der Waals surface area contributed by atoms with Gasteiger partial charge in [0, 0.05) is 12.8 Å². The average molecular weight is 971 g/mol. The third kappa shape index (κ3) is 24.3. The van der Waals surface area contributed by atoms with Gasteiger partial charge in [0.15, 0.2) is 12.4 Å². The Bertz CT molecular complexity index is 1340. The molecule has 13 unspecified atom stereocenters. The highest BCUT2D eigenvalue weighted by atomic mass is 31.2. The van der Waals surface area contributed by atoms with Gasteiger partial charge in [-0.2, -0.15) is 0 Å². The van der Waals surface area contributed by atoms with Gasteiger partial charge in [-0.15, -0.1) is 0 Å². The zero-order valence-corrected chi connectivity index (χ0v) is 40.6. The monoisotopic (exact) mass is 971 g/mol. The summed E-state index contributed by atoms with van der Waals surface area (Å²) in [6.45, 7) is 2.20. The van der Waals surface area contributed by atoms with Crippen molar-refractivity contribution in [3.63, 3.8) is 0 Å². The van der Waals surface area contributed by atoms with Crippen LogP contribution < -0.4 is 0 Å². The van der Waals surface area contributed by atoms with Gasteiger partial charge in [-0.3, -0.25) is 18.6 Å². The Hall–Kier alpha value is -1.61. The van der Waals surface area contributed by atoms with Crippen molar-refractivity contribution in [3.05, 3.63) is 12.2 Å². The largest absolute Gasteiger partial charge is 0.472 e. The molecule has 2 fully saturated rings. The van der Waals surface area contributed by atoms with Gasteiger partial charge < -0.3 is 64.7 Å². The smallest absolute Gasteiger partial charge is 0.462 e. The summed E-state index contributed by atoms with van der Waals surface area (Å²) < 4.78 is 45.4. The molecule has 0 radical (unpaired) electrons. The molecule has 0 aromatic carbocycles. The molecule has 0 spiro atoms. The average Bonchev–Trinajstić information content (AvgIpc) is 3.29. The molecule has 66 heavy (non-hydrogen) atoms. The molecule has 1 saturated carbocycles. The van der Waals surface area contributed by atoms with Crippen LogP contribution in [0.4, 0.5) is 0 Å². The lowest BCUT2D eigenvalue weighted by molar-refractivity contribution is -0.338. The second-order valence-electron chi connectivity index (χ2n) is 18.0. The van der Waals surface area contributed by atoms with E-state index in [-0.39, 0.29) is 12.8 Å². The van der Waals surface area contributed by atoms with Gasteiger partial charge in [-0.05, 0) is 38.5 Å². The number of phosphoric acid groups is 1. The number of unbranched alkanes of at least 4 members (excludes halogenated alkanes) is 21. The molecule has 2 aliphatic rings. The summed E-state index contributed by atoms with van der Waals surface area (Å²) in [6.07, 6.45) is 7.32. The molecule has 2 rings (SSSR count). The van der Waals surface area contributed by atoms with E-state index in [0.29, 0.717) is 12.8 Å². The number of carbonyl (C=O) groups excluding carboxylic acids is 2. The number of carbonyl (C=O) groups is 2. The number of phosphoric ester groups is 1. The molecule has 1 aliphatic heterocycles. The molecule has 0 bridgehead atoms. The van der Waals surface area contributed by atoms with Gasteiger partial charge in [0.05, 0.1) is 13.2 Å². The summed E-state index contributed by atoms with van der Waals surface area (Å²) in [5.41, 5.74) is 0. The van der Waals surface area contributed by atoms with E-state index in [0.717, 1.165) is 51.4 Å². The summed E-state index contributed by atoms with van der Waals surface area (Å²) in [5, 5.41) is 82.9. The van der Waals surface area contributed by atoms with Gasteiger partial charge in [0.1, 0.15) is 67.6 Å². The maximum atomic E-state index is 13.4. The molecule has 19 heteroatoms. The normalized spacial score (nSPS) is 28.3. The molecule has 0 aromatic rings. The molecule has 388 valence electrons. The van der Waals surface area contributed by atoms with Crippen molar-refractivity contribution in [2.45, 2.75) is 254 Å². The second kappa shape index (κ2) is 35.5. The Labute approximate surface area is 393 Å². The highest BCUT2D eigenvalue weighted by molar-refractivity contribution is 7.47. The molecule has 0 amide bonds. The third-order valence-electron chi connectivity index (χ3n) is 12.2. The summed E-state index contributed by atoms with van der Waals surface area (Å²) in [7, 11) is -5.37. The van der Waals surface area contributed by atoms with Crippen LogP contribution in [-0.2, 0) is 42.1 Å². The van der Waals surface area contributed by atoms with Crippen molar-refractivity contribution in [1.82, 2.24) is 0 Å². The summed E-state index contributed by atoms with van der Waals surface area (Å²) in [5.74, 6) is -1.23. The van der Waals surface area contributed by atoms with Crippen molar-refractivity contribution in [2.24, 2.45) is 0 Å². The number of rotatable bonds is 38. The minimum absolute atomic E-state index is 0.0340. The number of aliphatic hydroxyl groups excluding tert-OH is 8. The zero-order valence-electron chi connectivity index (χ0n) is 39.7. The lowest BCUT2D eigenvalue weighted by atomic mass is 9.84. The van der Waals surface area contributed by atoms with Crippen LogP contribution in [-0.4, -0.2) is 151 Å². The molecule has 1 saturated heterocycles. The number of aliphatic hydroxyl groups is 8. The summed E-state index contributed by atoms with van der Waals surface area (Å²) in [6, 6.07) is 0. The first-order chi connectivity index (χ1) is 31.7. The van der Waals surface area contributed by atoms with Gasteiger partial charge in [0.2, 0.25) is 0 Å². The fourth-order valence-electron chi connectivity index (χ4n) is 8.05. The second-order valence-corrected chi connectivity index (χ2v) is 19.4. The van der Waals surface area contributed by atoms with Gasteiger partial charge >= 0.3 is 19.8 Å². The predicted octanol–water partition coefficient (Wildman–Crippen LogP) is 5.32. The number of hydrogen-bond donors (Lipinski definition) is 9. The van der Waals surface area contributed by atoms with E-state index < -0.39 is 113 Å². The first-order valence-electron chi connectivity index (χ1n) is 25.0. The fourth-order valence-corrected chi connectivity index (χ4v) is 9.02. The lowest BCUT2D eigenvalue weighted by Crippen LogP contribution is -2.67. The van der Waals surface area contributed by atoms with Crippen LogP contribution in [0.15, 0.2) is 12.2 Å². The van der Waals surface area contributed by atoms with Crippen LogP contribution in [0.5, 0.6) is 0 Å². The Morgan fingerprint density at radius 3 is 1.52 bits per heavy atom. The van der Waals surface area contributed by atoms with Crippen molar-refractivity contribution >= 4 is 19.8 Å². The minimum atomic E-state index is -5.37. The van der Waals surface area contributed by atoms with Crippen LogP contribution >= 0.6 is 7.82 Å². The van der Waals surface area contributed by atoms with Crippen molar-refractivity contribution < 1.29 is 87.9 Å². The molecular weight excluding hydrogens is 883 g/mol. The maximum Gasteiger partial charge on any atom is 0.472 e. The van der Waals surface area contributed by atoms with Gasteiger partial charge in [-0.1, -0.05) is 142 Å². The van der Waals surface area contributed by atoms with Crippen molar-refractivity contribution in [2.75, 3.05) is 19.8 Å². The van der Waals surface area contributed by atoms with E-state index in [9.17, 15) is 59.9 Å². The molecule has 18 nitrogen and oxygen atoms in total. The standard InChI is InChI=1S/C47H87O18P/c1-3-5-7-9-11-13-15-17-19-21-23-25-27-29-36(49)60-32-34(62-37(50)30-28-26-24-22-20-18-16-14-12-10-8-6-4-2)33-61-66(58,59)65-46-43(56)41(54)40(53)42(55)45(46)64-47-44(57)39(52)38(51)35(31-48)63-47/h17,19,34-35,38-48,51-57H,3-16,18,20-33H2,1-2H3,(H,58,59). The van der Waals surface area contributed by atoms with E-state index in [2.05, 4.69) is 26.0 Å². The summed E-state index contributed by atoms with van der Waals surface area (Å²) in [4.78, 5) is 36.5. The molecule has 9 N–H and O–H groups in total. The zero-order chi connectivity index (χ0) is 48.7. The highest BCUT2D eigenvalue weighted by Crippen LogP contribution is 2.48. The van der Waals surface area contributed by atoms with E-state index in [1.807, 2.05) is 0 Å². The number of allylic oxidation sites excluding steroid dienone is 2. The van der Waals surface area contributed by atoms with Crippen LogP contribution in [0.3, 0.4) is 0 Å². The van der Waals surface area contributed by atoms with Crippen LogP contribution in [0.1, 0.15) is 181 Å². The van der Waals surface area contributed by atoms with Gasteiger partial charge in [-0.25, -0.2) is 4.57 Å². The van der Waals surface area contributed by atoms with Crippen LogP contribution in [0, 0.1) is 0 Å². The Kier molecular flexibility index (Phi) is 32.5. The first kappa shape index (κ1) is 60.5. The lowest BCUT2D eigenvalue weighted by Gasteiger charge is -2.47. The quantitative estimate of drug-likeness (QED) is 0.0164. The molecule has 0 aromatic heterocycles. The Balaban J connectivity index is 1.97. The van der Waals surface area contributed by atoms with E-state index in [1.165, 1.54) is 89.9 Å². The highest BCUT2D eigenvalue weighted by Gasteiger charge is 2.55. The Morgan fingerprint density at radius 1 is 0.561 bits per heavy atom. The molecular formula is C47H87O18P. The van der Waals surface area contributed by atoms with Crippen molar-refractivity contribution in [1.29, 1.82) is 0 Å². The maximum absolute atomic E-state index is 13.4. The van der Waals surface area contributed by atoms with E-state index >= 15 is 0 Å². The molecule has 13 atom stereocenters. The minimum Gasteiger partial charge on any atom is -0.462 e. The Morgan fingerprint density at radius 2 is 1.00 bits per heavy atom. The number of ether oxygens (including phenoxy) is 4. The number of esters is 2. The SMILES string of the molecule is CCCCCCCCC=CCCCCCC(=O)OCC(COP(=O)(O)OC1C(O)C(O)C(O)C(O)C1OC1OC(CO)C(O)C(O)C1O)OC(=O)CCCCCCCCCCCCCCC. The van der Waals surface area contributed by atoms with E-state index in [1.54, 1.807) is 0 Å². The number of hydrogen-bond acceptors (Lipinski definition) is 17.